The molecule has 0 radical (unpaired) electrons. The number of aromatic nitrogens is 3. The summed E-state index contributed by atoms with van der Waals surface area (Å²) in [5.74, 6) is 1.54. The second kappa shape index (κ2) is 9.30. The molecule has 1 fully saturated rings. The van der Waals surface area contributed by atoms with E-state index in [2.05, 4.69) is 37.3 Å². The molecule has 168 valence electrons. The van der Waals surface area contributed by atoms with Crippen LogP contribution in [0.1, 0.15) is 5.56 Å². The molecule has 2 N–H and O–H groups in total. The number of fused-ring (bicyclic) bond motifs is 1. The number of urea groups is 1. The number of carbonyl (C=O) groups is 1. The highest BCUT2D eigenvalue weighted by Gasteiger charge is 2.21. The molecule has 2 aromatic heterocycles. The molecule has 4 aromatic rings. The van der Waals surface area contributed by atoms with Crippen LogP contribution in [0.25, 0.3) is 22.6 Å². The normalized spacial score (nSPS) is 14.4. The third-order valence-corrected chi connectivity index (χ3v) is 5.86. The molecule has 0 atom stereocenters. The number of ether oxygens (including phenoxy) is 1. The Bertz CT molecular complexity index is 1230. The van der Waals surface area contributed by atoms with Gasteiger partial charge < -0.3 is 19.9 Å². The van der Waals surface area contributed by atoms with Crippen molar-refractivity contribution in [3.63, 3.8) is 0 Å². The van der Waals surface area contributed by atoms with Gasteiger partial charge in [0.1, 0.15) is 11.4 Å². The Balaban J connectivity index is 1.17. The number of hydrogen-bond acceptors (Lipinski definition) is 5. The van der Waals surface area contributed by atoms with Crippen LogP contribution in [0.3, 0.4) is 0 Å². The number of aromatic amines is 1. The van der Waals surface area contributed by atoms with Gasteiger partial charge >= 0.3 is 6.03 Å². The number of nitrogens with one attached hydrogen (secondary N) is 2. The number of methoxy groups -OCH3 is 1. The zero-order chi connectivity index (χ0) is 22.6. The van der Waals surface area contributed by atoms with Crippen LogP contribution >= 0.6 is 0 Å². The van der Waals surface area contributed by atoms with E-state index in [4.69, 9.17) is 4.74 Å². The Morgan fingerprint density at radius 3 is 2.61 bits per heavy atom. The largest absolute Gasteiger partial charge is 0.497 e. The molecule has 0 spiro atoms. The SMILES string of the molecule is COc1ccc(NC(=O)N2CCN(Cc3ccc4nc(-c5ccccn5)[nH]c4c3)CC2)cc1. The zero-order valence-electron chi connectivity index (χ0n) is 18.5. The summed E-state index contributed by atoms with van der Waals surface area (Å²) >= 11 is 0. The predicted octanol–water partition coefficient (Wildman–Crippen LogP) is 3.98. The quantitative estimate of drug-likeness (QED) is 0.488. The smallest absolute Gasteiger partial charge is 0.321 e. The highest BCUT2D eigenvalue weighted by molar-refractivity contribution is 5.89. The van der Waals surface area contributed by atoms with Gasteiger partial charge in [-0.2, -0.15) is 0 Å². The number of benzene rings is 2. The second-order valence-electron chi connectivity index (χ2n) is 8.07. The Labute approximate surface area is 192 Å². The van der Waals surface area contributed by atoms with Crippen LogP contribution in [0, 0.1) is 0 Å². The van der Waals surface area contributed by atoms with Gasteiger partial charge in [-0.25, -0.2) is 9.78 Å². The highest BCUT2D eigenvalue weighted by atomic mass is 16.5. The molecule has 2 aromatic carbocycles. The summed E-state index contributed by atoms with van der Waals surface area (Å²) < 4.78 is 5.16. The van der Waals surface area contributed by atoms with Crippen LogP contribution in [0.2, 0.25) is 0 Å². The zero-order valence-corrected chi connectivity index (χ0v) is 18.5. The highest BCUT2D eigenvalue weighted by Crippen LogP contribution is 2.21. The van der Waals surface area contributed by atoms with Crippen molar-refractivity contribution in [3.8, 4) is 17.3 Å². The minimum Gasteiger partial charge on any atom is -0.497 e. The van der Waals surface area contributed by atoms with Crippen molar-refractivity contribution in [1.29, 1.82) is 0 Å². The molecule has 2 amide bonds. The third kappa shape index (κ3) is 4.80. The molecule has 3 heterocycles. The number of hydrogen-bond donors (Lipinski definition) is 2. The van der Waals surface area contributed by atoms with E-state index in [9.17, 15) is 4.79 Å². The molecule has 0 bridgehead atoms. The van der Waals surface area contributed by atoms with Crippen molar-refractivity contribution in [2.45, 2.75) is 6.54 Å². The first-order chi connectivity index (χ1) is 16.2. The lowest BCUT2D eigenvalue weighted by molar-refractivity contribution is 0.143. The number of amides is 2. The minimum absolute atomic E-state index is 0.0688. The Kier molecular flexibility index (Phi) is 5.91. The van der Waals surface area contributed by atoms with Crippen molar-refractivity contribution >= 4 is 22.8 Å². The summed E-state index contributed by atoms with van der Waals surface area (Å²) in [6.45, 7) is 3.88. The van der Waals surface area contributed by atoms with Crippen LogP contribution in [0.15, 0.2) is 66.9 Å². The van der Waals surface area contributed by atoms with Crippen LogP contribution in [-0.2, 0) is 6.54 Å². The molecular formula is C25H26N6O2. The van der Waals surface area contributed by atoms with E-state index in [1.54, 1.807) is 13.3 Å². The molecule has 33 heavy (non-hydrogen) atoms. The number of nitrogens with zero attached hydrogens (tertiary/aromatic N) is 4. The molecule has 0 unspecified atom stereocenters. The van der Waals surface area contributed by atoms with Crippen LogP contribution in [0.5, 0.6) is 5.75 Å². The number of H-pyrrole nitrogens is 1. The van der Waals surface area contributed by atoms with E-state index in [-0.39, 0.29) is 6.03 Å². The van der Waals surface area contributed by atoms with Gasteiger partial charge in [0.25, 0.3) is 0 Å². The predicted molar refractivity (Wildman–Crippen MR) is 128 cm³/mol. The third-order valence-electron chi connectivity index (χ3n) is 5.86. The molecule has 8 nitrogen and oxygen atoms in total. The first-order valence-corrected chi connectivity index (χ1v) is 11.0. The number of rotatable bonds is 5. The van der Waals surface area contributed by atoms with Gasteiger partial charge in [-0.05, 0) is 54.1 Å². The fourth-order valence-corrected chi connectivity index (χ4v) is 4.02. The summed E-state index contributed by atoms with van der Waals surface area (Å²) in [5.41, 5.74) is 4.75. The molecule has 0 saturated carbocycles. The molecule has 0 aliphatic carbocycles. The lowest BCUT2D eigenvalue weighted by Gasteiger charge is -2.34. The van der Waals surface area contributed by atoms with E-state index >= 15 is 0 Å². The van der Waals surface area contributed by atoms with Crippen LogP contribution in [0.4, 0.5) is 10.5 Å². The maximum absolute atomic E-state index is 12.6. The van der Waals surface area contributed by atoms with Crippen molar-refractivity contribution < 1.29 is 9.53 Å². The summed E-state index contributed by atoms with van der Waals surface area (Å²) in [7, 11) is 1.62. The molecule has 1 saturated heterocycles. The minimum atomic E-state index is -0.0688. The molecule has 8 heteroatoms. The van der Waals surface area contributed by atoms with Gasteiger partial charge in [0, 0.05) is 44.6 Å². The van der Waals surface area contributed by atoms with Gasteiger partial charge in [0.15, 0.2) is 5.82 Å². The van der Waals surface area contributed by atoms with E-state index in [0.717, 1.165) is 53.6 Å². The Hall–Kier alpha value is -3.91. The van der Waals surface area contributed by atoms with Gasteiger partial charge in [-0.15, -0.1) is 0 Å². The van der Waals surface area contributed by atoms with Crippen LogP contribution < -0.4 is 10.1 Å². The number of piperazine rings is 1. The van der Waals surface area contributed by atoms with E-state index in [0.29, 0.717) is 13.1 Å². The Morgan fingerprint density at radius 1 is 1.06 bits per heavy atom. The number of anilines is 1. The monoisotopic (exact) mass is 442 g/mol. The first kappa shape index (κ1) is 21.0. The standard InChI is InChI=1S/C25H26N6O2/c1-33-20-8-6-19(7-9-20)27-25(32)31-14-12-30(13-15-31)17-18-5-10-21-23(16-18)29-24(28-21)22-4-2-3-11-26-22/h2-11,16H,12-15,17H2,1H3,(H,27,32)(H,28,29). The summed E-state index contributed by atoms with van der Waals surface area (Å²) in [6.07, 6.45) is 1.77. The molecule has 1 aliphatic heterocycles. The molecule has 1 aliphatic rings. The Morgan fingerprint density at radius 2 is 1.88 bits per heavy atom. The lowest BCUT2D eigenvalue weighted by Crippen LogP contribution is -2.49. The summed E-state index contributed by atoms with van der Waals surface area (Å²) in [6, 6.07) is 19.4. The number of imidazole rings is 1. The number of pyridine rings is 1. The first-order valence-electron chi connectivity index (χ1n) is 11.0. The van der Waals surface area contributed by atoms with Gasteiger partial charge in [-0.1, -0.05) is 12.1 Å². The summed E-state index contributed by atoms with van der Waals surface area (Å²) in [5, 5.41) is 2.96. The maximum Gasteiger partial charge on any atom is 0.321 e. The molecular weight excluding hydrogens is 416 g/mol. The van der Waals surface area contributed by atoms with Gasteiger partial charge in [0.2, 0.25) is 0 Å². The van der Waals surface area contributed by atoms with Crippen molar-refractivity contribution in [3.05, 3.63) is 72.4 Å². The lowest BCUT2D eigenvalue weighted by atomic mass is 10.1. The van der Waals surface area contributed by atoms with E-state index in [1.807, 2.05) is 53.4 Å². The second-order valence-corrected chi connectivity index (χ2v) is 8.07. The van der Waals surface area contributed by atoms with Gasteiger partial charge in [-0.3, -0.25) is 9.88 Å². The topological polar surface area (TPSA) is 86.4 Å². The maximum atomic E-state index is 12.6. The van der Waals surface area contributed by atoms with Crippen LogP contribution in [-0.4, -0.2) is 64.1 Å². The van der Waals surface area contributed by atoms with Crippen molar-refractivity contribution in [2.24, 2.45) is 0 Å². The summed E-state index contributed by atoms with van der Waals surface area (Å²) in [4.78, 5) is 29.2. The molecule has 5 rings (SSSR count). The average Bonchev–Trinajstić information content (AvgIpc) is 3.29. The van der Waals surface area contributed by atoms with E-state index < -0.39 is 0 Å². The van der Waals surface area contributed by atoms with E-state index in [1.165, 1.54) is 5.56 Å². The number of carbonyl (C=O) groups excluding carboxylic acids is 1. The van der Waals surface area contributed by atoms with Crippen molar-refractivity contribution in [1.82, 2.24) is 24.8 Å². The van der Waals surface area contributed by atoms with Gasteiger partial charge in [0.05, 0.1) is 18.1 Å². The fourth-order valence-electron chi connectivity index (χ4n) is 4.02. The average molecular weight is 443 g/mol. The fraction of sp³-hybridized carbons (Fsp3) is 0.240. The van der Waals surface area contributed by atoms with Crippen molar-refractivity contribution in [2.75, 3.05) is 38.6 Å².